The molecule has 0 saturated heterocycles. The van der Waals surface area contributed by atoms with Crippen LogP contribution in [0.15, 0.2) is 30.3 Å². The summed E-state index contributed by atoms with van der Waals surface area (Å²) in [6.45, 7) is 2.89. The van der Waals surface area contributed by atoms with Gasteiger partial charge in [-0.3, -0.25) is 4.79 Å². The average molecular weight is 260 g/mol. The number of nitrogens with one attached hydrogen (secondary N) is 1. The van der Waals surface area contributed by atoms with Crippen LogP contribution in [-0.2, 0) is 4.79 Å². The molecule has 1 aliphatic rings. The van der Waals surface area contributed by atoms with E-state index in [1.54, 1.807) is 0 Å². The molecule has 1 atom stereocenters. The molecule has 1 fully saturated rings. The highest BCUT2D eigenvalue weighted by Gasteiger charge is 2.36. The summed E-state index contributed by atoms with van der Waals surface area (Å²) in [7, 11) is 0. The minimum atomic E-state index is -0.601. The van der Waals surface area contributed by atoms with Gasteiger partial charge in [-0.05, 0) is 30.7 Å². The molecule has 1 aromatic rings. The highest BCUT2D eigenvalue weighted by Crippen LogP contribution is 2.27. The van der Waals surface area contributed by atoms with Gasteiger partial charge in [0, 0.05) is 6.54 Å². The Morgan fingerprint density at radius 3 is 2.58 bits per heavy atom. The van der Waals surface area contributed by atoms with Crippen LogP contribution in [0.5, 0.6) is 0 Å². The maximum atomic E-state index is 12.0. The maximum absolute atomic E-state index is 12.0. The number of rotatable bonds is 5. The predicted octanol–water partition coefficient (Wildman–Crippen LogP) is 2.57. The highest BCUT2D eigenvalue weighted by molar-refractivity contribution is 5.86. The molecule has 0 spiro atoms. The molecule has 1 saturated carbocycles. The van der Waals surface area contributed by atoms with Crippen LogP contribution < -0.4 is 11.1 Å². The van der Waals surface area contributed by atoms with Crippen LogP contribution in [0.25, 0.3) is 0 Å². The lowest BCUT2D eigenvalue weighted by Crippen LogP contribution is -2.52. The molecule has 1 aromatic carbocycles. The van der Waals surface area contributed by atoms with Crippen molar-refractivity contribution in [3.8, 4) is 0 Å². The highest BCUT2D eigenvalue weighted by atomic mass is 16.2. The minimum absolute atomic E-state index is 0.0326. The van der Waals surface area contributed by atoms with Gasteiger partial charge in [-0.15, -0.1) is 0 Å². The number of benzene rings is 1. The monoisotopic (exact) mass is 260 g/mol. The van der Waals surface area contributed by atoms with Gasteiger partial charge in [-0.2, -0.15) is 0 Å². The van der Waals surface area contributed by atoms with Crippen LogP contribution >= 0.6 is 0 Å². The second-order valence-corrected chi connectivity index (χ2v) is 5.72. The lowest BCUT2D eigenvalue weighted by atomic mass is 9.96. The molecule has 0 bridgehead atoms. The van der Waals surface area contributed by atoms with E-state index in [2.05, 4.69) is 36.5 Å². The number of nitrogens with two attached hydrogens (primary N) is 1. The summed E-state index contributed by atoms with van der Waals surface area (Å²) < 4.78 is 0. The normalized spacial score (nSPS) is 19.1. The lowest BCUT2D eigenvalue weighted by Gasteiger charge is -2.22. The summed E-state index contributed by atoms with van der Waals surface area (Å²) in [6.07, 6.45) is 4.75. The molecular weight excluding hydrogens is 236 g/mol. The number of carbonyl (C=O) groups excluding carboxylic acids is 1. The average Bonchev–Trinajstić information content (AvgIpc) is 2.88. The molecular formula is C16H24N2O. The first-order valence-electron chi connectivity index (χ1n) is 7.24. The van der Waals surface area contributed by atoms with Crippen molar-refractivity contribution < 1.29 is 4.79 Å². The summed E-state index contributed by atoms with van der Waals surface area (Å²) >= 11 is 0. The molecule has 0 heterocycles. The molecule has 0 radical (unpaired) electrons. The minimum Gasteiger partial charge on any atom is -0.354 e. The second kappa shape index (κ2) is 6.20. The third-order valence-corrected chi connectivity index (χ3v) is 4.18. The fourth-order valence-electron chi connectivity index (χ4n) is 2.76. The van der Waals surface area contributed by atoms with E-state index >= 15 is 0 Å². The largest absolute Gasteiger partial charge is 0.354 e. The first kappa shape index (κ1) is 14.1. The number of amides is 1. The predicted molar refractivity (Wildman–Crippen MR) is 77.9 cm³/mol. The zero-order valence-corrected chi connectivity index (χ0v) is 11.7. The molecule has 2 rings (SSSR count). The fraction of sp³-hybridized carbons (Fsp3) is 0.562. The van der Waals surface area contributed by atoms with E-state index in [0.717, 1.165) is 32.1 Å². The van der Waals surface area contributed by atoms with Crippen LogP contribution in [0.2, 0.25) is 0 Å². The summed E-state index contributed by atoms with van der Waals surface area (Å²) in [5, 5.41) is 3.00. The van der Waals surface area contributed by atoms with E-state index in [0.29, 0.717) is 12.5 Å². The van der Waals surface area contributed by atoms with Crippen LogP contribution in [0.3, 0.4) is 0 Å². The van der Waals surface area contributed by atoms with E-state index in [1.807, 2.05) is 6.07 Å². The zero-order valence-electron chi connectivity index (χ0n) is 11.7. The SMILES string of the molecule is CC(CCNC(=O)C1(N)CCCC1)c1ccccc1. The van der Waals surface area contributed by atoms with Crippen molar-refractivity contribution in [3.63, 3.8) is 0 Å². The maximum Gasteiger partial charge on any atom is 0.240 e. The molecule has 3 N–H and O–H groups in total. The zero-order chi connectivity index (χ0) is 13.7. The van der Waals surface area contributed by atoms with E-state index < -0.39 is 5.54 Å². The Kier molecular flexibility index (Phi) is 4.59. The Morgan fingerprint density at radius 2 is 1.95 bits per heavy atom. The Bertz CT molecular complexity index is 410. The van der Waals surface area contributed by atoms with Crippen molar-refractivity contribution in [2.45, 2.75) is 50.5 Å². The van der Waals surface area contributed by atoms with Crippen LogP contribution in [0.1, 0.15) is 50.5 Å². The molecule has 3 heteroatoms. The number of carbonyl (C=O) groups is 1. The smallest absolute Gasteiger partial charge is 0.240 e. The summed E-state index contributed by atoms with van der Waals surface area (Å²) in [6, 6.07) is 10.4. The summed E-state index contributed by atoms with van der Waals surface area (Å²) in [4.78, 5) is 12.0. The van der Waals surface area contributed by atoms with Gasteiger partial charge in [0.1, 0.15) is 0 Å². The van der Waals surface area contributed by atoms with Crippen molar-refractivity contribution in [1.29, 1.82) is 0 Å². The second-order valence-electron chi connectivity index (χ2n) is 5.72. The van der Waals surface area contributed by atoms with Crippen LogP contribution in [-0.4, -0.2) is 18.0 Å². The van der Waals surface area contributed by atoms with Crippen molar-refractivity contribution in [2.75, 3.05) is 6.54 Å². The van der Waals surface area contributed by atoms with Crippen molar-refractivity contribution >= 4 is 5.91 Å². The molecule has 19 heavy (non-hydrogen) atoms. The van der Waals surface area contributed by atoms with Gasteiger partial charge >= 0.3 is 0 Å². The number of hydrogen-bond donors (Lipinski definition) is 2. The molecule has 1 amide bonds. The standard InChI is InChI=1S/C16H24N2O/c1-13(14-7-3-2-4-8-14)9-12-18-15(19)16(17)10-5-6-11-16/h2-4,7-8,13H,5-6,9-12,17H2,1H3,(H,18,19). The fourth-order valence-corrected chi connectivity index (χ4v) is 2.76. The molecule has 0 aliphatic heterocycles. The van der Waals surface area contributed by atoms with Gasteiger partial charge < -0.3 is 11.1 Å². The first-order chi connectivity index (χ1) is 9.12. The Morgan fingerprint density at radius 1 is 1.32 bits per heavy atom. The molecule has 1 aliphatic carbocycles. The molecule has 3 nitrogen and oxygen atoms in total. The van der Waals surface area contributed by atoms with Crippen LogP contribution in [0.4, 0.5) is 0 Å². The van der Waals surface area contributed by atoms with Gasteiger partial charge in [-0.25, -0.2) is 0 Å². The van der Waals surface area contributed by atoms with E-state index in [1.165, 1.54) is 5.56 Å². The van der Waals surface area contributed by atoms with Gasteiger partial charge in [0.25, 0.3) is 0 Å². The quantitative estimate of drug-likeness (QED) is 0.855. The molecule has 1 unspecified atom stereocenters. The van der Waals surface area contributed by atoms with Crippen LogP contribution in [0, 0.1) is 0 Å². The van der Waals surface area contributed by atoms with Gasteiger partial charge in [-0.1, -0.05) is 50.1 Å². The van der Waals surface area contributed by atoms with E-state index in [4.69, 9.17) is 5.73 Å². The summed E-state index contributed by atoms with van der Waals surface area (Å²) in [5.74, 6) is 0.490. The van der Waals surface area contributed by atoms with Crippen molar-refractivity contribution in [3.05, 3.63) is 35.9 Å². The Hall–Kier alpha value is -1.35. The van der Waals surface area contributed by atoms with Gasteiger partial charge in [0.2, 0.25) is 5.91 Å². The Balaban J connectivity index is 1.76. The molecule has 0 aromatic heterocycles. The number of hydrogen-bond acceptors (Lipinski definition) is 2. The van der Waals surface area contributed by atoms with Crippen molar-refractivity contribution in [2.24, 2.45) is 5.73 Å². The van der Waals surface area contributed by atoms with Gasteiger partial charge in [0.05, 0.1) is 5.54 Å². The van der Waals surface area contributed by atoms with E-state index in [-0.39, 0.29) is 5.91 Å². The Labute approximate surface area is 115 Å². The third kappa shape index (κ3) is 3.57. The first-order valence-corrected chi connectivity index (χ1v) is 7.24. The topological polar surface area (TPSA) is 55.1 Å². The third-order valence-electron chi connectivity index (χ3n) is 4.18. The van der Waals surface area contributed by atoms with E-state index in [9.17, 15) is 4.79 Å². The summed E-state index contributed by atoms with van der Waals surface area (Å²) in [5.41, 5.74) is 6.84. The van der Waals surface area contributed by atoms with Gasteiger partial charge in [0.15, 0.2) is 0 Å². The van der Waals surface area contributed by atoms with Crippen molar-refractivity contribution in [1.82, 2.24) is 5.32 Å². The molecule has 104 valence electrons. The lowest BCUT2D eigenvalue weighted by molar-refractivity contribution is -0.126.